The van der Waals surface area contributed by atoms with Crippen molar-refractivity contribution in [1.29, 1.82) is 0 Å². The van der Waals surface area contributed by atoms with E-state index < -0.39 is 40.3 Å². The van der Waals surface area contributed by atoms with Gasteiger partial charge in [-0.05, 0) is 29.5 Å². The fourth-order valence-electron chi connectivity index (χ4n) is 2.75. The number of sulfone groups is 1. The highest BCUT2D eigenvalue weighted by atomic mass is 32.2. The predicted molar refractivity (Wildman–Crippen MR) is 104 cm³/mol. The second-order valence-corrected chi connectivity index (χ2v) is 10.1. The van der Waals surface area contributed by atoms with E-state index >= 15 is 0 Å². The van der Waals surface area contributed by atoms with Gasteiger partial charge < -0.3 is 15.4 Å². The van der Waals surface area contributed by atoms with Crippen LogP contribution in [0.3, 0.4) is 0 Å². The van der Waals surface area contributed by atoms with Crippen molar-refractivity contribution in [3.05, 3.63) is 35.4 Å². The zero-order chi connectivity index (χ0) is 20.9. The van der Waals surface area contributed by atoms with E-state index in [4.69, 9.17) is 4.74 Å². The summed E-state index contributed by atoms with van der Waals surface area (Å²) in [5, 5.41) is 4.96. The molecular weight excluding hydrogens is 384 g/mol. The Morgan fingerprint density at radius 2 is 1.79 bits per heavy atom. The van der Waals surface area contributed by atoms with Crippen LogP contribution < -0.4 is 10.6 Å². The van der Waals surface area contributed by atoms with Crippen LogP contribution in [-0.4, -0.2) is 56.9 Å². The summed E-state index contributed by atoms with van der Waals surface area (Å²) in [5.74, 6) is -1.80. The highest BCUT2D eigenvalue weighted by Crippen LogP contribution is 2.22. The maximum Gasteiger partial charge on any atom is 0.325 e. The first kappa shape index (κ1) is 21.9. The van der Waals surface area contributed by atoms with E-state index in [-0.39, 0.29) is 23.5 Å². The number of rotatable bonds is 6. The Kier molecular flexibility index (Phi) is 6.82. The molecule has 0 saturated carbocycles. The number of hydrogen-bond donors (Lipinski definition) is 2. The molecule has 1 aromatic rings. The number of amides is 2. The Balaban J connectivity index is 1.71. The second kappa shape index (κ2) is 8.72. The molecule has 0 bridgehead atoms. The number of benzene rings is 1. The minimum atomic E-state index is -3.10. The lowest BCUT2D eigenvalue weighted by atomic mass is 9.87. The third kappa shape index (κ3) is 6.63. The molecule has 28 heavy (non-hydrogen) atoms. The summed E-state index contributed by atoms with van der Waals surface area (Å²) in [4.78, 5) is 35.5. The molecule has 2 N–H and O–H groups in total. The smallest absolute Gasteiger partial charge is 0.325 e. The van der Waals surface area contributed by atoms with Gasteiger partial charge in [0.05, 0.1) is 11.5 Å². The number of carbonyl (C=O) groups is 3. The highest BCUT2D eigenvalue weighted by molar-refractivity contribution is 7.91. The minimum absolute atomic E-state index is 0.0257. The molecule has 1 fully saturated rings. The van der Waals surface area contributed by atoms with Crippen molar-refractivity contribution >= 4 is 27.6 Å². The maximum absolute atomic E-state index is 12.1. The fourth-order valence-corrected chi connectivity index (χ4v) is 4.42. The molecule has 1 atom stereocenters. The summed E-state index contributed by atoms with van der Waals surface area (Å²) in [7, 11) is -3.10. The van der Waals surface area contributed by atoms with Crippen LogP contribution in [0.15, 0.2) is 24.3 Å². The molecule has 2 amide bonds. The SMILES string of the molecule is CC(C)(C)c1ccc(C(=O)NCC(=O)OCC(=O)N[C@@H]2CCS(=O)(=O)C2)cc1. The van der Waals surface area contributed by atoms with E-state index in [0.29, 0.717) is 12.0 Å². The summed E-state index contributed by atoms with van der Waals surface area (Å²) in [5.41, 5.74) is 1.48. The van der Waals surface area contributed by atoms with E-state index in [2.05, 4.69) is 31.4 Å². The van der Waals surface area contributed by atoms with Crippen LogP contribution in [0.1, 0.15) is 43.1 Å². The fraction of sp³-hybridized carbons (Fsp3) is 0.526. The van der Waals surface area contributed by atoms with Gasteiger partial charge in [0, 0.05) is 11.6 Å². The molecule has 9 heteroatoms. The Morgan fingerprint density at radius 1 is 1.14 bits per heavy atom. The lowest BCUT2D eigenvalue weighted by Gasteiger charge is -2.19. The van der Waals surface area contributed by atoms with Crippen molar-refractivity contribution in [1.82, 2.24) is 10.6 Å². The van der Waals surface area contributed by atoms with Crippen molar-refractivity contribution in [3.8, 4) is 0 Å². The van der Waals surface area contributed by atoms with Gasteiger partial charge in [0.15, 0.2) is 16.4 Å². The molecule has 0 radical (unpaired) electrons. The molecule has 0 aliphatic carbocycles. The van der Waals surface area contributed by atoms with Crippen LogP contribution in [0.4, 0.5) is 0 Å². The largest absolute Gasteiger partial charge is 0.454 e. The molecule has 154 valence electrons. The second-order valence-electron chi connectivity index (χ2n) is 7.84. The Bertz CT molecular complexity index is 840. The Morgan fingerprint density at radius 3 is 2.32 bits per heavy atom. The molecule has 0 spiro atoms. The van der Waals surface area contributed by atoms with Crippen LogP contribution in [0.5, 0.6) is 0 Å². The lowest BCUT2D eigenvalue weighted by Crippen LogP contribution is -2.39. The van der Waals surface area contributed by atoms with Gasteiger partial charge >= 0.3 is 5.97 Å². The average Bonchev–Trinajstić information content (AvgIpc) is 2.95. The summed E-state index contributed by atoms with van der Waals surface area (Å²) < 4.78 is 27.5. The van der Waals surface area contributed by atoms with E-state index in [1.54, 1.807) is 12.1 Å². The van der Waals surface area contributed by atoms with Crippen LogP contribution in [0, 0.1) is 0 Å². The molecular formula is C19H26N2O6S. The van der Waals surface area contributed by atoms with Crippen LogP contribution in [-0.2, 0) is 29.6 Å². The number of nitrogens with one attached hydrogen (secondary N) is 2. The molecule has 1 aliphatic rings. The van der Waals surface area contributed by atoms with Crippen molar-refractivity contribution in [2.45, 2.75) is 38.6 Å². The number of carbonyl (C=O) groups excluding carboxylic acids is 3. The maximum atomic E-state index is 12.1. The summed E-state index contributed by atoms with van der Waals surface area (Å²) >= 11 is 0. The quantitative estimate of drug-likeness (QED) is 0.662. The molecule has 1 aromatic carbocycles. The van der Waals surface area contributed by atoms with Crippen LogP contribution in [0.25, 0.3) is 0 Å². The number of ether oxygens (including phenoxy) is 1. The van der Waals surface area contributed by atoms with Crippen molar-refractivity contribution in [2.24, 2.45) is 0 Å². The van der Waals surface area contributed by atoms with Crippen LogP contribution >= 0.6 is 0 Å². The van der Waals surface area contributed by atoms with E-state index in [0.717, 1.165) is 5.56 Å². The Hall–Kier alpha value is -2.42. The lowest BCUT2D eigenvalue weighted by molar-refractivity contribution is -0.147. The first-order valence-electron chi connectivity index (χ1n) is 9.00. The zero-order valence-corrected chi connectivity index (χ0v) is 17.1. The number of esters is 1. The van der Waals surface area contributed by atoms with Crippen LogP contribution in [0.2, 0.25) is 0 Å². The third-order valence-electron chi connectivity index (χ3n) is 4.37. The van der Waals surface area contributed by atoms with E-state index in [1.807, 2.05) is 12.1 Å². The van der Waals surface area contributed by atoms with Gasteiger partial charge in [-0.2, -0.15) is 0 Å². The molecule has 2 rings (SSSR count). The molecule has 1 aliphatic heterocycles. The zero-order valence-electron chi connectivity index (χ0n) is 16.3. The van der Waals surface area contributed by atoms with Gasteiger partial charge in [-0.1, -0.05) is 32.9 Å². The number of hydrogen-bond acceptors (Lipinski definition) is 6. The van der Waals surface area contributed by atoms with Gasteiger partial charge in [0.25, 0.3) is 11.8 Å². The molecule has 0 aromatic heterocycles. The monoisotopic (exact) mass is 410 g/mol. The first-order chi connectivity index (χ1) is 13.0. The normalized spacial score (nSPS) is 18.3. The molecule has 8 nitrogen and oxygen atoms in total. The topological polar surface area (TPSA) is 119 Å². The Labute approximate surface area is 164 Å². The highest BCUT2D eigenvalue weighted by Gasteiger charge is 2.29. The molecule has 0 unspecified atom stereocenters. The summed E-state index contributed by atoms with van der Waals surface area (Å²) in [6, 6.07) is 6.64. The van der Waals surface area contributed by atoms with Gasteiger partial charge in [-0.15, -0.1) is 0 Å². The molecule has 1 heterocycles. The summed E-state index contributed by atoms with van der Waals surface area (Å²) in [6.45, 7) is 5.32. The minimum Gasteiger partial charge on any atom is -0.454 e. The van der Waals surface area contributed by atoms with Crippen molar-refractivity contribution < 1.29 is 27.5 Å². The van der Waals surface area contributed by atoms with E-state index in [1.165, 1.54) is 0 Å². The van der Waals surface area contributed by atoms with Gasteiger partial charge in [-0.3, -0.25) is 14.4 Å². The van der Waals surface area contributed by atoms with Gasteiger partial charge in [0.1, 0.15) is 6.54 Å². The van der Waals surface area contributed by atoms with Gasteiger partial charge in [0.2, 0.25) is 0 Å². The van der Waals surface area contributed by atoms with Crippen molar-refractivity contribution in [2.75, 3.05) is 24.7 Å². The predicted octanol–water partition coefficient (Wildman–Crippen LogP) is 0.560. The first-order valence-corrected chi connectivity index (χ1v) is 10.8. The van der Waals surface area contributed by atoms with Gasteiger partial charge in [-0.25, -0.2) is 8.42 Å². The average molecular weight is 410 g/mol. The third-order valence-corrected chi connectivity index (χ3v) is 6.14. The van der Waals surface area contributed by atoms with E-state index in [9.17, 15) is 22.8 Å². The summed E-state index contributed by atoms with van der Waals surface area (Å²) in [6.07, 6.45) is 0.353. The van der Waals surface area contributed by atoms with Crippen molar-refractivity contribution in [3.63, 3.8) is 0 Å². The molecule has 1 saturated heterocycles. The standard InChI is InChI=1S/C19H26N2O6S/c1-19(2,3)14-6-4-13(5-7-14)18(24)20-10-17(23)27-11-16(22)21-15-8-9-28(25,26)12-15/h4-7,15H,8-12H2,1-3H3,(H,20,24)(H,21,22)/t15-/m1/s1.